The zero-order chi connectivity index (χ0) is 22.4. The molecule has 0 radical (unpaired) electrons. The number of rotatable bonds is 10. The van der Waals surface area contributed by atoms with Gasteiger partial charge in [-0.05, 0) is 18.1 Å². The van der Waals surface area contributed by atoms with E-state index in [0.29, 0.717) is 5.69 Å². The average Bonchev–Trinajstić information content (AvgIpc) is 3.41. The molecule has 3 rings (SSSR count). The Morgan fingerprint density at radius 2 is 1.81 bits per heavy atom. The summed E-state index contributed by atoms with van der Waals surface area (Å²) in [6.07, 6.45) is 5.13. The van der Waals surface area contributed by atoms with Gasteiger partial charge in [-0.15, -0.1) is 0 Å². The van der Waals surface area contributed by atoms with Crippen LogP contribution in [-0.2, 0) is 27.2 Å². The number of para-hydroxylation sites is 1. The van der Waals surface area contributed by atoms with E-state index in [1.54, 1.807) is 12.4 Å². The first-order valence-electron chi connectivity index (χ1n) is 9.71. The Kier molecular flexibility index (Phi) is 7.00. The van der Waals surface area contributed by atoms with Crippen molar-refractivity contribution in [2.24, 2.45) is 11.5 Å². The molecule has 0 saturated carbocycles. The van der Waals surface area contributed by atoms with E-state index in [-0.39, 0.29) is 19.4 Å². The number of carboxylic acid groups (broad SMARTS) is 1. The van der Waals surface area contributed by atoms with Crippen molar-refractivity contribution in [2.45, 2.75) is 31.0 Å². The summed E-state index contributed by atoms with van der Waals surface area (Å²) < 4.78 is 0. The van der Waals surface area contributed by atoms with Gasteiger partial charge < -0.3 is 37.2 Å². The van der Waals surface area contributed by atoms with E-state index < -0.39 is 35.9 Å². The molecular formula is C20H25N7O4. The van der Waals surface area contributed by atoms with Gasteiger partial charge >= 0.3 is 5.97 Å². The Morgan fingerprint density at radius 3 is 2.48 bits per heavy atom. The first-order valence-corrected chi connectivity index (χ1v) is 9.71. The zero-order valence-electron chi connectivity index (χ0n) is 16.7. The molecule has 0 aliphatic carbocycles. The van der Waals surface area contributed by atoms with E-state index in [0.717, 1.165) is 16.5 Å². The maximum atomic E-state index is 12.7. The summed E-state index contributed by atoms with van der Waals surface area (Å²) in [4.78, 5) is 46.6. The Hall–Kier alpha value is -3.70. The van der Waals surface area contributed by atoms with Crippen LogP contribution in [0.15, 0.2) is 43.0 Å². The van der Waals surface area contributed by atoms with Crippen molar-refractivity contribution >= 4 is 28.7 Å². The van der Waals surface area contributed by atoms with Crippen LogP contribution in [-0.4, -0.2) is 62.5 Å². The summed E-state index contributed by atoms with van der Waals surface area (Å²) in [6, 6.07) is 4.39. The van der Waals surface area contributed by atoms with Crippen LogP contribution in [0.5, 0.6) is 0 Å². The smallest absolute Gasteiger partial charge is 0.327 e. The molecule has 1 aromatic carbocycles. The summed E-state index contributed by atoms with van der Waals surface area (Å²) >= 11 is 0. The van der Waals surface area contributed by atoms with E-state index >= 15 is 0 Å². The van der Waals surface area contributed by atoms with Crippen molar-refractivity contribution in [3.05, 3.63) is 54.2 Å². The van der Waals surface area contributed by atoms with Gasteiger partial charge in [0.1, 0.15) is 12.1 Å². The third-order valence-corrected chi connectivity index (χ3v) is 4.90. The standard InChI is InChI=1S/C20H25N7O4/c21-7-17(20(30)31)27-19(29)16(6-12-9-23-10-25-12)26-18(28)14(22)5-11-8-24-15-4-2-1-3-13(11)15/h1-4,8-10,14,16-17,24H,5-7,21-22H2,(H,23,25)(H,26,28)(H,27,29)(H,30,31)/t14-,16-,17-/m0/s1. The summed E-state index contributed by atoms with van der Waals surface area (Å²) in [5.41, 5.74) is 13.8. The average molecular weight is 427 g/mol. The number of fused-ring (bicyclic) bond motifs is 1. The van der Waals surface area contributed by atoms with Crippen LogP contribution in [0.2, 0.25) is 0 Å². The molecular weight excluding hydrogens is 402 g/mol. The highest BCUT2D eigenvalue weighted by Crippen LogP contribution is 2.18. The Morgan fingerprint density at radius 1 is 1.06 bits per heavy atom. The van der Waals surface area contributed by atoms with Crippen LogP contribution in [0.4, 0.5) is 0 Å². The number of nitrogens with two attached hydrogens (primary N) is 2. The van der Waals surface area contributed by atoms with Gasteiger partial charge in [-0.2, -0.15) is 0 Å². The minimum Gasteiger partial charge on any atom is -0.480 e. The fraction of sp³-hybridized carbons (Fsp3) is 0.300. The number of nitrogens with zero attached hydrogens (tertiary/aromatic N) is 1. The number of imidazole rings is 1. The normalized spacial score (nSPS) is 14.0. The molecule has 0 bridgehead atoms. The number of aromatic amines is 2. The van der Waals surface area contributed by atoms with Crippen LogP contribution in [0.3, 0.4) is 0 Å². The molecule has 9 N–H and O–H groups in total. The number of carbonyl (C=O) groups is 3. The number of aromatic nitrogens is 3. The molecule has 11 heteroatoms. The third kappa shape index (κ3) is 5.47. The number of nitrogens with one attached hydrogen (secondary N) is 4. The van der Waals surface area contributed by atoms with Gasteiger partial charge in [-0.3, -0.25) is 9.59 Å². The number of carboxylic acids is 1. The van der Waals surface area contributed by atoms with Gasteiger partial charge in [-0.1, -0.05) is 18.2 Å². The number of benzene rings is 1. The van der Waals surface area contributed by atoms with Gasteiger partial charge in [0.25, 0.3) is 0 Å². The maximum Gasteiger partial charge on any atom is 0.327 e. The fourth-order valence-corrected chi connectivity index (χ4v) is 3.22. The summed E-state index contributed by atoms with van der Waals surface area (Å²) in [5, 5.41) is 15.0. The molecule has 3 atom stereocenters. The van der Waals surface area contributed by atoms with Gasteiger partial charge in [-0.25, -0.2) is 9.78 Å². The lowest BCUT2D eigenvalue weighted by Gasteiger charge is -2.22. The fourth-order valence-electron chi connectivity index (χ4n) is 3.22. The summed E-state index contributed by atoms with van der Waals surface area (Å²) in [7, 11) is 0. The Balaban J connectivity index is 1.70. The second-order valence-corrected chi connectivity index (χ2v) is 7.13. The van der Waals surface area contributed by atoms with Crippen LogP contribution in [0, 0.1) is 0 Å². The molecule has 11 nitrogen and oxygen atoms in total. The molecule has 0 aliphatic heterocycles. The number of aliphatic carboxylic acids is 1. The quantitative estimate of drug-likeness (QED) is 0.216. The molecule has 0 fully saturated rings. The van der Waals surface area contributed by atoms with Crippen molar-refractivity contribution in [3.8, 4) is 0 Å². The van der Waals surface area contributed by atoms with E-state index in [1.165, 1.54) is 6.33 Å². The molecule has 2 heterocycles. The van der Waals surface area contributed by atoms with Gasteiger partial charge in [0.2, 0.25) is 11.8 Å². The number of amides is 2. The molecule has 164 valence electrons. The minimum absolute atomic E-state index is 0.0534. The van der Waals surface area contributed by atoms with Crippen LogP contribution < -0.4 is 22.1 Å². The predicted octanol–water partition coefficient (Wildman–Crippen LogP) is -0.984. The lowest BCUT2D eigenvalue weighted by molar-refractivity contribution is -0.142. The summed E-state index contributed by atoms with van der Waals surface area (Å²) in [6.45, 7) is -0.287. The van der Waals surface area contributed by atoms with Crippen LogP contribution in [0.25, 0.3) is 10.9 Å². The molecule has 0 spiro atoms. The summed E-state index contributed by atoms with van der Waals surface area (Å²) in [5.74, 6) is -2.49. The highest BCUT2D eigenvalue weighted by molar-refractivity contribution is 5.92. The highest BCUT2D eigenvalue weighted by Gasteiger charge is 2.28. The first-order chi connectivity index (χ1) is 14.9. The number of hydrogen-bond donors (Lipinski definition) is 7. The van der Waals surface area contributed by atoms with Crippen LogP contribution >= 0.6 is 0 Å². The van der Waals surface area contributed by atoms with Crippen molar-refractivity contribution in [2.75, 3.05) is 6.54 Å². The number of hydrogen-bond acceptors (Lipinski definition) is 6. The Labute approximate surface area is 177 Å². The monoisotopic (exact) mass is 427 g/mol. The van der Waals surface area contributed by atoms with Crippen molar-refractivity contribution in [1.82, 2.24) is 25.6 Å². The van der Waals surface area contributed by atoms with E-state index in [4.69, 9.17) is 16.6 Å². The molecule has 0 saturated heterocycles. The van der Waals surface area contributed by atoms with Crippen molar-refractivity contribution in [3.63, 3.8) is 0 Å². The van der Waals surface area contributed by atoms with E-state index in [1.807, 2.05) is 24.3 Å². The molecule has 0 aliphatic rings. The lowest BCUT2D eigenvalue weighted by Crippen LogP contribution is -2.56. The number of carbonyl (C=O) groups excluding carboxylic acids is 2. The third-order valence-electron chi connectivity index (χ3n) is 4.90. The molecule has 2 aromatic heterocycles. The van der Waals surface area contributed by atoms with Gasteiger partial charge in [0.15, 0.2) is 0 Å². The zero-order valence-corrected chi connectivity index (χ0v) is 16.7. The lowest BCUT2D eigenvalue weighted by atomic mass is 10.0. The predicted molar refractivity (Wildman–Crippen MR) is 113 cm³/mol. The second-order valence-electron chi connectivity index (χ2n) is 7.13. The van der Waals surface area contributed by atoms with Crippen molar-refractivity contribution in [1.29, 1.82) is 0 Å². The maximum absolute atomic E-state index is 12.7. The van der Waals surface area contributed by atoms with Gasteiger partial charge in [0.05, 0.1) is 18.1 Å². The SMILES string of the molecule is NC[C@H](NC(=O)[C@H](Cc1c[nH]cn1)NC(=O)[C@@H](N)Cc1c[nH]c2ccccc12)C(=O)O. The van der Waals surface area contributed by atoms with Crippen molar-refractivity contribution < 1.29 is 19.5 Å². The number of H-pyrrole nitrogens is 2. The Bertz CT molecular complexity index is 1050. The van der Waals surface area contributed by atoms with E-state index in [9.17, 15) is 14.4 Å². The molecule has 2 amide bonds. The minimum atomic E-state index is -1.27. The van der Waals surface area contributed by atoms with Gasteiger partial charge in [0, 0.05) is 36.3 Å². The topological polar surface area (TPSA) is 192 Å². The molecule has 0 unspecified atom stereocenters. The van der Waals surface area contributed by atoms with E-state index in [2.05, 4.69) is 25.6 Å². The molecule has 31 heavy (non-hydrogen) atoms. The molecule has 3 aromatic rings. The highest BCUT2D eigenvalue weighted by atomic mass is 16.4. The largest absolute Gasteiger partial charge is 0.480 e. The first kappa shape index (κ1) is 22.0. The van der Waals surface area contributed by atoms with Crippen LogP contribution in [0.1, 0.15) is 11.3 Å². The second kappa shape index (κ2) is 9.87.